The molecular formula is C25H32N2O4. The maximum Gasteiger partial charge on any atom is 0.223 e. The first-order valence-corrected chi connectivity index (χ1v) is 11.0. The third kappa shape index (κ3) is 4.49. The standard InChI is InChI=1S/C25H32N2O4/c1-29-21-6-4-5-19-13-20(25(19)21)16-26-10-7-24(28)27-11-8-17-14-22(30-2)23(31-3)15-18(17)9-12-27/h4-6,14-15,20,26H,7-13,16H2,1-3H3. The van der Waals surface area contributed by atoms with Gasteiger partial charge in [-0.2, -0.15) is 0 Å². The zero-order chi connectivity index (χ0) is 21.8. The molecule has 0 fully saturated rings. The quantitative estimate of drug-likeness (QED) is 0.661. The van der Waals surface area contributed by atoms with Crippen molar-refractivity contribution in [3.8, 4) is 17.2 Å². The number of hydrogen-bond acceptors (Lipinski definition) is 5. The maximum absolute atomic E-state index is 12.8. The van der Waals surface area contributed by atoms with Crippen LogP contribution in [-0.4, -0.2) is 58.3 Å². The molecule has 166 valence electrons. The Hall–Kier alpha value is -2.73. The molecule has 2 aromatic carbocycles. The van der Waals surface area contributed by atoms with Gasteiger partial charge in [0, 0.05) is 44.1 Å². The van der Waals surface area contributed by atoms with E-state index in [1.165, 1.54) is 22.3 Å². The van der Waals surface area contributed by atoms with Gasteiger partial charge in [-0.05, 0) is 54.2 Å². The largest absolute Gasteiger partial charge is 0.496 e. The van der Waals surface area contributed by atoms with Crippen LogP contribution in [0.5, 0.6) is 17.2 Å². The van der Waals surface area contributed by atoms with E-state index < -0.39 is 0 Å². The van der Waals surface area contributed by atoms with Gasteiger partial charge in [0.2, 0.25) is 5.91 Å². The fourth-order valence-electron chi connectivity index (χ4n) is 4.75. The first-order valence-electron chi connectivity index (χ1n) is 11.0. The predicted molar refractivity (Wildman–Crippen MR) is 120 cm³/mol. The SMILES string of the molecule is COc1cc2c(cc1OC)CCN(C(=O)CCNCC1Cc3cccc(OC)c31)CC2. The van der Waals surface area contributed by atoms with Crippen LogP contribution in [-0.2, 0) is 24.1 Å². The molecule has 0 bridgehead atoms. The molecular weight excluding hydrogens is 392 g/mol. The van der Waals surface area contributed by atoms with Crippen molar-refractivity contribution in [3.63, 3.8) is 0 Å². The van der Waals surface area contributed by atoms with Crippen LogP contribution < -0.4 is 19.5 Å². The number of nitrogens with one attached hydrogen (secondary N) is 1. The van der Waals surface area contributed by atoms with E-state index in [2.05, 4.69) is 23.5 Å². The fourth-order valence-corrected chi connectivity index (χ4v) is 4.75. The van der Waals surface area contributed by atoms with E-state index in [0.717, 1.165) is 56.1 Å². The Bertz CT molecular complexity index is 908. The van der Waals surface area contributed by atoms with Gasteiger partial charge in [-0.1, -0.05) is 12.1 Å². The van der Waals surface area contributed by atoms with Crippen molar-refractivity contribution < 1.29 is 19.0 Å². The number of hydrogen-bond donors (Lipinski definition) is 1. The molecule has 0 saturated heterocycles. The molecule has 1 heterocycles. The molecule has 0 spiro atoms. The van der Waals surface area contributed by atoms with Crippen LogP contribution in [0, 0.1) is 0 Å². The number of nitrogens with zero attached hydrogens (tertiary/aromatic N) is 1. The number of amides is 1. The molecule has 1 atom stereocenters. The second-order valence-electron chi connectivity index (χ2n) is 8.24. The lowest BCUT2D eigenvalue weighted by Crippen LogP contribution is -2.36. The summed E-state index contributed by atoms with van der Waals surface area (Å²) in [5.74, 6) is 3.16. The summed E-state index contributed by atoms with van der Waals surface area (Å²) in [7, 11) is 5.03. The Labute approximate surface area is 184 Å². The van der Waals surface area contributed by atoms with Crippen molar-refractivity contribution in [3.05, 3.63) is 52.6 Å². The Morgan fingerprint density at radius 2 is 1.61 bits per heavy atom. The molecule has 1 unspecified atom stereocenters. The van der Waals surface area contributed by atoms with E-state index in [1.807, 2.05) is 17.0 Å². The van der Waals surface area contributed by atoms with Gasteiger partial charge < -0.3 is 24.4 Å². The van der Waals surface area contributed by atoms with Crippen molar-refractivity contribution in [2.24, 2.45) is 0 Å². The molecule has 1 aliphatic carbocycles. The van der Waals surface area contributed by atoms with E-state index >= 15 is 0 Å². The molecule has 0 saturated carbocycles. The molecule has 31 heavy (non-hydrogen) atoms. The second-order valence-corrected chi connectivity index (χ2v) is 8.24. The van der Waals surface area contributed by atoms with E-state index in [0.29, 0.717) is 18.9 Å². The Balaban J connectivity index is 1.25. The van der Waals surface area contributed by atoms with Gasteiger partial charge >= 0.3 is 0 Å². The Morgan fingerprint density at radius 3 is 2.23 bits per heavy atom. The Kier molecular flexibility index (Phi) is 6.66. The van der Waals surface area contributed by atoms with Crippen molar-refractivity contribution in [1.82, 2.24) is 10.2 Å². The highest BCUT2D eigenvalue weighted by Gasteiger charge is 2.29. The smallest absolute Gasteiger partial charge is 0.223 e. The third-order valence-corrected chi connectivity index (χ3v) is 6.52. The van der Waals surface area contributed by atoms with Gasteiger partial charge in [0.25, 0.3) is 0 Å². The van der Waals surface area contributed by atoms with Crippen molar-refractivity contribution in [2.75, 3.05) is 47.5 Å². The van der Waals surface area contributed by atoms with E-state index in [-0.39, 0.29) is 5.91 Å². The summed E-state index contributed by atoms with van der Waals surface area (Å²) < 4.78 is 16.4. The monoisotopic (exact) mass is 424 g/mol. The van der Waals surface area contributed by atoms with E-state index in [1.54, 1.807) is 21.3 Å². The summed E-state index contributed by atoms with van der Waals surface area (Å²) in [4.78, 5) is 14.8. The summed E-state index contributed by atoms with van der Waals surface area (Å²) in [5, 5.41) is 3.48. The average Bonchev–Trinajstić information content (AvgIpc) is 2.99. The van der Waals surface area contributed by atoms with Crippen LogP contribution in [0.4, 0.5) is 0 Å². The minimum absolute atomic E-state index is 0.214. The molecule has 1 aliphatic heterocycles. The lowest BCUT2D eigenvalue weighted by Gasteiger charge is -2.32. The Morgan fingerprint density at radius 1 is 0.968 bits per heavy atom. The van der Waals surface area contributed by atoms with Gasteiger partial charge in [0.1, 0.15) is 5.75 Å². The van der Waals surface area contributed by atoms with Crippen LogP contribution in [0.2, 0.25) is 0 Å². The van der Waals surface area contributed by atoms with Crippen LogP contribution in [0.3, 0.4) is 0 Å². The highest BCUT2D eigenvalue weighted by Crippen LogP contribution is 2.41. The molecule has 2 aliphatic rings. The molecule has 4 rings (SSSR count). The number of methoxy groups -OCH3 is 3. The maximum atomic E-state index is 12.8. The summed E-state index contributed by atoms with van der Waals surface area (Å²) >= 11 is 0. The molecule has 1 N–H and O–H groups in total. The number of benzene rings is 2. The average molecular weight is 425 g/mol. The highest BCUT2D eigenvalue weighted by atomic mass is 16.5. The topological polar surface area (TPSA) is 60.0 Å². The normalized spacial score (nSPS) is 17.1. The van der Waals surface area contributed by atoms with Gasteiger partial charge in [-0.3, -0.25) is 4.79 Å². The van der Waals surface area contributed by atoms with Crippen LogP contribution in [0.1, 0.15) is 34.6 Å². The molecule has 0 aromatic heterocycles. The van der Waals surface area contributed by atoms with Gasteiger partial charge in [-0.15, -0.1) is 0 Å². The summed E-state index contributed by atoms with van der Waals surface area (Å²) in [6.45, 7) is 3.07. The van der Waals surface area contributed by atoms with Crippen molar-refractivity contribution in [1.29, 1.82) is 0 Å². The summed E-state index contributed by atoms with van der Waals surface area (Å²) in [6.07, 6.45) is 3.28. The lowest BCUT2D eigenvalue weighted by atomic mass is 9.77. The first kappa shape index (κ1) is 21.5. The molecule has 6 nitrogen and oxygen atoms in total. The molecule has 6 heteroatoms. The van der Waals surface area contributed by atoms with Gasteiger partial charge in [-0.25, -0.2) is 0 Å². The highest BCUT2D eigenvalue weighted by molar-refractivity contribution is 5.76. The minimum Gasteiger partial charge on any atom is -0.496 e. The van der Waals surface area contributed by atoms with E-state index in [4.69, 9.17) is 14.2 Å². The first-order chi connectivity index (χ1) is 15.1. The zero-order valence-corrected chi connectivity index (χ0v) is 18.7. The van der Waals surface area contributed by atoms with Crippen LogP contribution in [0.25, 0.3) is 0 Å². The van der Waals surface area contributed by atoms with Crippen molar-refractivity contribution >= 4 is 5.91 Å². The zero-order valence-electron chi connectivity index (χ0n) is 18.7. The van der Waals surface area contributed by atoms with Gasteiger partial charge in [0.05, 0.1) is 21.3 Å². The lowest BCUT2D eigenvalue weighted by molar-refractivity contribution is -0.131. The number of fused-ring (bicyclic) bond motifs is 2. The van der Waals surface area contributed by atoms with Gasteiger partial charge in [0.15, 0.2) is 11.5 Å². The number of carbonyl (C=O) groups is 1. The predicted octanol–water partition coefficient (Wildman–Crippen LogP) is 2.96. The minimum atomic E-state index is 0.214. The third-order valence-electron chi connectivity index (χ3n) is 6.52. The molecule has 1 amide bonds. The summed E-state index contributed by atoms with van der Waals surface area (Å²) in [5.41, 5.74) is 5.17. The number of carbonyl (C=O) groups excluding carboxylic acids is 1. The molecule has 2 aromatic rings. The fraction of sp³-hybridized carbons (Fsp3) is 0.480. The number of ether oxygens (including phenoxy) is 3. The van der Waals surface area contributed by atoms with E-state index in [9.17, 15) is 4.79 Å². The van der Waals surface area contributed by atoms with Crippen LogP contribution >= 0.6 is 0 Å². The molecule has 0 radical (unpaired) electrons. The summed E-state index contributed by atoms with van der Waals surface area (Å²) in [6, 6.07) is 10.3. The number of rotatable bonds is 8. The van der Waals surface area contributed by atoms with Crippen molar-refractivity contribution in [2.45, 2.75) is 31.6 Å². The second kappa shape index (κ2) is 9.60. The van der Waals surface area contributed by atoms with Crippen LogP contribution in [0.15, 0.2) is 30.3 Å².